The number of ether oxygens (including phenoxy) is 1. The molecule has 2 heterocycles. The van der Waals surface area contributed by atoms with Crippen LogP contribution in [0.15, 0.2) is 40.8 Å². The maximum absolute atomic E-state index is 12.4. The average Bonchev–Trinajstić information content (AvgIpc) is 3.15. The molecule has 8 nitrogen and oxygen atoms in total. The highest BCUT2D eigenvalue weighted by Crippen LogP contribution is 2.20. The number of aliphatic hydroxyl groups excluding tert-OH is 1. The van der Waals surface area contributed by atoms with Crippen LogP contribution in [0.3, 0.4) is 0 Å². The molecular formula is C19H22N4O4S. The van der Waals surface area contributed by atoms with Crippen molar-refractivity contribution < 1.29 is 14.6 Å². The molecule has 0 bridgehead atoms. The lowest BCUT2D eigenvalue weighted by Gasteiger charge is -2.08. The Morgan fingerprint density at radius 2 is 1.93 bits per heavy atom. The number of carbonyl (C=O) groups is 1. The van der Waals surface area contributed by atoms with Crippen LogP contribution >= 0.6 is 11.3 Å². The predicted molar refractivity (Wildman–Crippen MR) is 107 cm³/mol. The minimum absolute atomic E-state index is 0.0357. The second kappa shape index (κ2) is 10.1. The van der Waals surface area contributed by atoms with E-state index in [0.29, 0.717) is 48.6 Å². The molecule has 1 amide bonds. The first-order chi connectivity index (χ1) is 13.7. The molecule has 0 aliphatic heterocycles. The number of aliphatic hydroxyl groups is 1. The number of thiophene rings is 1. The Kier molecular flexibility index (Phi) is 7.26. The maximum atomic E-state index is 12.4. The highest BCUT2D eigenvalue weighted by Gasteiger charge is 2.15. The van der Waals surface area contributed by atoms with Crippen LogP contribution in [0, 0.1) is 0 Å². The highest BCUT2D eigenvalue weighted by molar-refractivity contribution is 7.17. The van der Waals surface area contributed by atoms with Gasteiger partial charge in [-0.25, -0.2) is 4.98 Å². The van der Waals surface area contributed by atoms with Crippen molar-refractivity contribution in [2.75, 3.05) is 26.4 Å². The van der Waals surface area contributed by atoms with Gasteiger partial charge in [-0.2, -0.15) is 0 Å². The molecule has 28 heavy (non-hydrogen) atoms. The molecule has 3 aromatic rings. The van der Waals surface area contributed by atoms with Gasteiger partial charge in [-0.3, -0.25) is 9.59 Å². The van der Waals surface area contributed by atoms with Gasteiger partial charge in [-0.1, -0.05) is 24.3 Å². The van der Waals surface area contributed by atoms with E-state index in [9.17, 15) is 9.59 Å². The number of benzene rings is 1. The quantitative estimate of drug-likeness (QED) is 0.376. The Balaban J connectivity index is 1.49. The molecule has 0 saturated heterocycles. The molecule has 0 aliphatic rings. The molecular weight excluding hydrogens is 380 g/mol. The third-order valence-corrected chi connectivity index (χ3v) is 4.97. The van der Waals surface area contributed by atoms with E-state index in [2.05, 4.69) is 20.6 Å². The van der Waals surface area contributed by atoms with E-state index in [1.165, 1.54) is 17.7 Å². The van der Waals surface area contributed by atoms with Crippen molar-refractivity contribution >= 4 is 27.5 Å². The molecule has 3 rings (SSSR count). The van der Waals surface area contributed by atoms with Crippen LogP contribution in [0.5, 0.6) is 0 Å². The molecule has 0 unspecified atom stereocenters. The third kappa shape index (κ3) is 5.23. The normalized spacial score (nSPS) is 11.0. The van der Waals surface area contributed by atoms with Crippen molar-refractivity contribution in [3.05, 3.63) is 63.0 Å². The van der Waals surface area contributed by atoms with Crippen LogP contribution in [0.25, 0.3) is 10.2 Å². The summed E-state index contributed by atoms with van der Waals surface area (Å²) in [7, 11) is 0. The SMILES string of the molecule is O=C(NCc1ccc(CNCCOCCO)cc1)c1csc2nc[nH]c(=O)c12. The van der Waals surface area contributed by atoms with Crippen molar-refractivity contribution in [3.8, 4) is 0 Å². The van der Waals surface area contributed by atoms with Gasteiger partial charge in [-0.05, 0) is 11.1 Å². The lowest BCUT2D eigenvalue weighted by Crippen LogP contribution is -2.24. The predicted octanol–water partition coefficient (Wildman–Crippen LogP) is 1.01. The van der Waals surface area contributed by atoms with Crippen molar-refractivity contribution in [2.45, 2.75) is 13.1 Å². The number of amides is 1. The monoisotopic (exact) mass is 402 g/mol. The maximum Gasteiger partial charge on any atom is 0.260 e. The van der Waals surface area contributed by atoms with Gasteiger partial charge in [-0.15, -0.1) is 11.3 Å². The standard InChI is InChI=1S/C19H22N4O4S/c24-6-8-27-7-5-20-9-13-1-3-14(4-2-13)10-21-17(25)15-11-28-19-16(15)18(26)22-12-23-19/h1-4,11-12,20,24H,5-10H2,(H,21,25)(H,22,23,26). The van der Waals surface area contributed by atoms with Gasteiger partial charge in [0.1, 0.15) is 4.83 Å². The van der Waals surface area contributed by atoms with E-state index in [-0.39, 0.29) is 18.1 Å². The Morgan fingerprint density at radius 3 is 2.68 bits per heavy atom. The van der Waals surface area contributed by atoms with Gasteiger partial charge >= 0.3 is 0 Å². The Morgan fingerprint density at radius 1 is 1.18 bits per heavy atom. The number of hydrogen-bond donors (Lipinski definition) is 4. The fourth-order valence-corrected chi connectivity index (χ4v) is 3.54. The summed E-state index contributed by atoms with van der Waals surface area (Å²) in [6.45, 7) is 2.74. The van der Waals surface area contributed by atoms with Gasteiger partial charge in [0.2, 0.25) is 0 Å². The molecule has 148 valence electrons. The Bertz CT molecular complexity index is 968. The zero-order valence-corrected chi connectivity index (χ0v) is 16.1. The molecule has 0 radical (unpaired) electrons. The van der Waals surface area contributed by atoms with E-state index in [0.717, 1.165) is 11.1 Å². The second-order valence-corrected chi connectivity index (χ2v) is 6.93. The van der Waals surface area contributed by atoms with Gasteiger partial charge in [0, 0.05) is 25.0 Å². The van der Waals surface area contributed by atoms with Crippen molar-refractivity contribution in [2.24, 2.45) is 0 Å². The van der Waals surface area contributed by atoms with Gasteiger partial charge in [0.15, 0.2) is 0 Å². The van der Waals surface area contributed by atoms with E-state index < -0.39 is 0 Å². The summed E-state index contributed by atoms with van der Waals surface area (Å²) in [5.74, 6) is -0.293. The summed E-state index contributed by atoms with van der Waals surface area (Å²) in [5.41, 5.74) is 2.13. The van der Waals surface area contributed by atoms with E-state index >= 15 is 0 Å². The van der Waals surface area contributed by atoms with Gasteiger partial charge < -0.3 is 25.5 Å². The summed E-state index contributed by atoms with van der Waals surface area (Å²) < 4.78 is 5.18. The van der Waals surface area contributed by atoms with Crippen LogP contribution in [-0.2, 0) is 17.8 Å². The molecule has 0 atom stereocenters. The zero-order chi connectivity index (χ0) is 19.8. The lowest BCUT2D eigenvalue weighted by molar-refractivity contribution is 0.0938. The molecule has 0 spiro atoms. The summed E-state index contributed by atoms with van der Waals surface area (Å²) in [4.78, 5) is 31.5. The fraction of sp³-hybridized carbons (Fsp3) is 0.316. The minimum Gasteiger partial charge on any atom is -0.394 e. The van der Waals surface area contributed by atoms with Crippen LogP contribution < -0.4 is 16.2 Å². The number of hydrogen-bond acceptors (Lipinski definition) is 7. The van der Waals surface area contributed by atoms with Gasteiger partial charge in [0.05, 0.1) is 37.1 Å². The first kappa shape index (κ1) is 20.2. The van der Waals surface area contributed by atoms with Crippen LogP contribution in [0.4, 0.5) is 0 Å². The first-order valence-corrected chi connectivity index (χ1v) is 9.77. The molecule has 0 fully saturated rings. The van der Waals surface area contributed by atoms with Crippen LogP contribution in [-0.4, -0.2) is 47.3 Å². The van der Waals surface area contributed by atoms with Crippen LogP contribution in [0.2, 0.25) is 0 Å². The van der Waals surface area contributed by atoms with E-state index in [1.54, 1.807) is 5.38 Å². The zero-order valence-electron chi connectivity index (χ0n) is 15.2. The number of nitrogens with one attached hydrogen (secondary N) is 3. The van der Waals surface area contributed by atoms with Crippen LogP contribution in [0.1, 0.15) is 21.5 Å². The number of nitrogens with zero attached hydrogens (tertiary/aromatic N) is 1. The summed E-state index contributed by atoms with van der Waals surface area (Å²) in [6.07, 6.45) is 1.33. The van der Waals surface area contributed by atoms with E-state index in [4.69, 9.17) is 9.84 Å². The molecule has 9 heteroatoms. The number of fused-ring (bicyclic) bond motifs is 1. The molecule has 1 aromatic carbocycles. The smallest absolute Gasteiger partial charge is 0.260 e. The largest absolute Gasteiger partial charge is 0.394 e. The van der Waals surface area contributed by atoms with Gasteiger partial charge in [0.25, 0.3) is 11.5 Å². The minimum atomic E-state index is -0.310. The summed E-state index contributed by atoms with van der Waals surface area (Å²) in [5, 5.41) is 16.7. The topological polar surface area (TPSA) is 116 Å². The van der Waals surface area contributed by atoms with E-state index in [1.807, 2.05) is 24.3 Å². The Hall–Kier alpha value is -2.59. The number of H-pyrrole nitrogens is 1. The first-order valence-electron chi connectivity index (χ1n) is 8.89. The molecule has 4 N–H and O–H groups in total. The van der Waals surface area contributed by atoms with Crippen molar-refractivity contribution in [3.63, 3.8) is 0 Å². The number of aromatic amines is 1. The summed E-state index contributed by atoms with van der Waals surface area (Å²) in [6, 6.07) is 7.91. The Labute approximate surface area is 165 Å². The molecule has 0 saturated carbocycles. The fourth-order valence-electron chi connectivity index (χ4n) is 2.65. The number of carbonyl (C=O) groups excluding carboxylic acids is 1. The van der Waals surface area contributed by atoms with Crippen molar-refractivity contribution in [1.82, 2.24) is 20.6 Å². The highest BCUT2D eigenvalue weighted by atomic mass is 32.1. The lowest BCUT2D eigenvalue weighted by atomic mass is 10.1. The third-order valence-electron chi connectivity index (χ3n) is 4.08. The molecule has 0 aliphatic carbocycles. The second-order valence-electron chi connectivity index (χ2n) is 6.07. The number of aromatic nitrogens is 2. The summed E-state index contributed by atoms with van der Waals surface area (Å²) >= 11 is 1.27. The number of rotatable bonds is 10. The average molecular weight is 402 g/mol. The van der Waals surface area contributed by atoms with Crippen molar-refractivity contribution in [1.29, 1.82) is 0 Å². The molecule has 2 aromatic heterocycles.